The van der Waals surface area contributed by atoms with Crippen LogP contribution in [0.3, 0.4) is 0 Å². The summed E-state index contributed by atoms with van der Waals surface area (Å²) in [5, 5.41) is 1.00. The summed E-state index contributed by atoms with van der Waals surface area (Å²) >= 11 is 0. The van der Waals surface area contributed by atoms with Gasteiger partial charge in [0.05, 0.1) is 5.52 Å². The maximum absolute atomic E-state index is 12.6. The Kier molecular flexibility index (Phi) is 2.84. The second-order valence-electron chi connectivity index (χ2n) is 4.58. The van der Waals surface area contributed by atoms with E-state index in [1.54, 1.807) is 6.20 Å². The molecule has 19 heavy (non-hydrogen) atoms. The third kappa shape index (κ3) is 2.13. The van der Waals surface area contributed by atoms with Crippen LogP contribution in [-0.4, -0.2) is 10.8 Å². The van der Waals surface area contributed by atoms with E-state index in [1.165, 1.54) is 0 Å². The Bertz CT molecular complexity index is 748. The van der Waals surface area contributed by atoms with Crippen LogP contribution >= 0.6 is 0 Å². The van der Waals surface area contributed by atoms with Gasteiger partial charge in [0.1, 0.15) is 0 Å². The minimum atomic E-state index is 0.0213. The Morgan fingerprint density at radius 1 is 1.00 bits per heavy atom. The molecule has 0 bridgehead atoms. The highest BCUT2D eigenvalue weighted by molar-refractivity contribution is 6.15. The van der Waals surface area contributed by atoms with E-state index in [-0.39, 0.29) is 5.78 Å². The summed E-state index contributed by atoms with van der Waals surface area (Å²) in [5.41, 5.74) is 3.20. The van der Waals surface area contributed by atoms with Crippen molar-refractivity contribution in [2.24, 2.45) is 0 Å². The van der Waals surface area contributed by atoms with Crippen LogP contribution in [0, 0.1) is 6.92 Å². The van der Waals surface area contributed by atoms with Gasteiger partial charge in [0.25, 0.3) is 0 Å². The molecule has 3 aromatic rings. The van der Waals surface area contributed by atoms with Crippen LogP contribution in [0.5, 0.6) is 0 Å². The Hall–Kier alpha value is -2.48. The fourth-order valence-electron chi connectivity index (χ4n) is 2.26. The topological polar surface area (TPSA) is 30.0 Å². The second-order valence-corrected chi connectivity index (χ2v) is 4.58. The number of nitrogens with zero attached hydrogens (tertiary/aromatic N) is 1. The molecule has 0 amide bonds. The van der Waals surface area contributed by atoms with E-state index in [0.717, 1.165) is 16.5 Å². The standard InChI is InChI=1S/C17H13NO/c1-12-10-14-8-5-9-18-16(14)15(11-12)17(19)13-6-3-2-4-7-13/h2-11H,1H3. The predicted octanol–water partition coefficient (Wildman–Crippen LogP) is 3.77. The molecule has 0 aliphatic carbocycles. The van der Waals surface area contributed by atoms with Gasteiger partial charge >= 0.3 is 0 Å². The van der Waals surface area contributed by atoms with E-state index in [2.05, 4.69) is 4.98 Å². The van der Waals surface area contributed by atoms with Crippen LogP contribution in [0.25, 0.3) is 10.9 Å². The molecule has 1 aromatic heterocycles. The molecule has 0 aliphatic rings. The summed E-state index contributed by atoms with van der Waals surface area (Å²) in [6.45, 7) is 1.99. The molecule has 92 valence electrons. The maximum atomic E-state index is 12.6. The van der Waals surface area contributed by atoms with Gasteiger partial charge in [-0.15, -0.1) is 0 Å². The number of carbonyl (C=O) groups is 1. The lowest BCUT2D eigenvalue weighted by Gasteiger charge is -2.06. The van der Waals surface area contributed by atoms with E-state index in [4.69, 9.17) is 0 Å². The Morgan fingerprint density at radius 2 is 1.79 bits per heavy atom. The van der Waals surface area contributed by atoms with Gasteiger partial charge < -0.3 is 0 Å². The van der Waals surface area contributed by atoms with Crippen molar-refractivity contribution in [1.82, 2.24) is 4.98 Å². The van der Waals surface area contributed by atoms with Crippen LogP contribution in [0.2, 0.25) is 0 Å². The quantitative estimate of drug-likeness (QED) is 0.645. The molecule has 0 saturated carbocycles. The van der Waals surface area contributed by atoms with Crippen LogP contribution in [0.15, 0.2) is 60.8 Å². The van der Waals surface area contributed by atoms with Crippen LogP contribution in [0.4, 0.5) is 0 Å². The first-order valence-electron chi connectivity index (χ1n) is 6.21. The Labute approximate surface area is 111 Å². The second kappa shape index (κ2) is 4.65. The largest absolute Gasteiger partial charge is 0.289 e. The minimum Gasteiger partial charge on any atom is -0.289 e. The van der Waals surface area contributed by atoms with Crippen LogP contribution < -0.4 is 0 Å². The van der Waals surface area contributed by atoms with Gasteiger partial charge in [-0.2, -0.15) is 0 Å². The van der Waals surface area contributed by atoms with Gasteiger partial charge in [0, 0.05) is 22.7 Å². The van der Waals surface area contributed by atoms with E-state index < -0.39 is 0 Å². The van der Waals surface area contributed by atoms with Gasteiger partial charge in [-0.05, 0) is 30.7 Å². The van der Waals surface area contributed by atoms with Gasteiger partial charge in [0.2, 0.25) is 0 Å². The number of hydrogen-bond donors (Lipinski definition) is 0. The van der Waals surface area contributed by atoms with Crippen LogP contribution in [0.1, 0.15) is 21.5 Å². The molecule has 0 fully saturated rings. The first kappa shape index (κ1) is 11.6. The zero-order valence-electron chi connectivity index (χ0n) is 10.6. The summed E-state index contributed by atoms with van der Waals surface area (Å²) in [7, 11) is 0. The molecule has 0 aliphatic heterocycles. The van der Waals surface area contributed by atoms with Crippen molar-refractivity contribution in [3.8, 4) is 0 Å². The Balaban J connectivity index is 2.23. The fraction of sp³-hybridized carbons (Fsp3) is 0.0588. The van der Waals surface area contributed by atoms with E-state index in [0.29, 0.717) is 11.1 Å². The summed E-state index contributed by atoms with van der Waals surface area (Å²) in [6.07, 6.45) is 1.72. The first-order chi connectivity index (χ1) is 9.25. The Morgan fingerprint density at radius 3 is 2.58 bits per heavy atom. The van der Waals surface area contributed by atoms with Gasteiger partial charge in [-0.25, -0.2) is 0 Å². The highest BCUT2D eigenvalue weighted by Crippen LogP contribution is 2.21. The smallest absolute Gasteiger partial charge is 0.195 e. The number of pyridine rings is 1. The van der Waals surface area contributed by atoms with E-state index in [9.17, 15) is 4.79 Å². The first-order valence-corrected chi connectivity index (χ1v) is 6.21. The number of ketones is 1. The van der Waals surface area contributed by atoms with Crippen molar-refractivity contribution in [3.05, 3.63) is 77.5 Å². The van der Waals surface area contributed by atoms with Gasteiger partial charge in [-0.1, -0.05) is 36.4 Å². The molecule has 2 heteroatoms. The molecule has 2 nitrogen and oxygen atoms in total. The number of aryl methyl sites for hydroxylation is 1. The van der Waals surface area contributed by atoms with E-state index >= 15 is 0 Å². The lowest BCUT2D eigenvalue weighted by molar-refractivity contribution is 0.104. The molecule has 0 N–H and O–H groups in total. The molecular formula is C17H13NO. The molecule has 0 radical (unpaired) electrons. The third-order valence-corrected chi connectivity index (χ3v) is 3.13. The normalized spacial score (nSPS) is 10.6. The minimum absolute atomic E-state index is 0.0213. The zero-order chi connectivity index (χ0) is 13.2. The highest BCUT2D eigenvalue weighted by Gasteiger charge is 2.13. The molecular weight excluding hydrogens is 234 g/mol. The predicted molar refractivity (Wildman–Crippen MR) is 76.4 cm³/mol. The number of rotatable bonds is 2. The third-order valence-electron chi connectivity index (χ3n) is 3.13. The lowest BCUT2D eigenvalue weighted by atomic mass is 9.98. The number of hydrogen-bond acceptors (Lipinski definition) is 2. The van der Waals surface area contributed by atoms with Crippen molar-refractivity contribution in [2.75, 3.05) is 0 Å². The molecule has 0 spiro atoms. The molecule has 0 unspecified atom stereocenters. The molecule has 0 saturated heterocycles. The summed E-state index contributed by atoms with van der Waals surface area (Å²) in [5.74, 6) is 0.0213. The summed E-state index contributed by atoms with van der Waals surface area (Å²) in [4.78, 5) is 16.9. The van der Waals surface area contributed by atoms with Crippen molar-refractivity contribution in [1.29, 1.82) is 0 Å². The van der Waals surface area contributed by atoms with Gasteiger partial charge in [-0.3, -0.25) is 9.78 Å². The monoisotopic (exact) mass is 247 g/mol. The summed E-state index contributed by atoms with van der Waals surface area (Å²) < 4.78 is 0. The molecule has 1 heterocycles. The number of aromatic nitrogens is 1. The number of benzene rings is 2. The zero-order valence-corrected chi connectivity index (χ0v) is 10.6. The SMILES string of the molecule is Cc1cc(C(=O)c2ccccc2)c2ncccc2c1. The lowest BCUT2D eigenvalue weighted by Crippen LogP contribution is -2.03. The maximum Gasteiger partial charge on any atom is 0.195 e. The fourth-order valence-corrected chi connectivity index (χ4v) is 2.26. The van der Waals surface area contributed by atoms with Crippen molar-refractivity contribution in [3.63, 3.8) is 0 Å². The average molecular weight is 247 g/mol. The summed E-state index contributed by atoms with van der Waals surface area (Å²) in [6, 6.07) is 17.1. The van der Waals surface area contributed by atoms with Crippen LogP contribution in [-0.2, 0) is 0 Å². The average Bonchev–Trinajstić information content (AvgIpc) is 2.46. The molecule has 0 atom stereocenters. The molecule has 2 aromatic carbocycles. The number of fused-ring (bicyclic) bond motifs is 1. The van der Waals surface area contributed by atoms with E-state index in [1.807, 2.05) is 61.5 Å². The van der Waals surface area contributed by atoms with Crippen molar-refractivity contribution in [2.45, 2.75) is 6.92 Å². The highest BCUT2D eigenvalue weighted by atomic mass is 16.1. The molecule has 3 rings (SSSR count). The van der Waals surface area contributed by atoms with Gasteiger partial charge in [0.15, 0.2) is 5.78 Å². The van der Waals surface area contributed by atoms with Crippen molar-refractivity contribution < 1.29 is 4.79 Å². The van der Waals surface area contributed by atoms with Crippen molar-refractivity contribution >= 4 is 16.7 Å². The number of carbonyl (C=O) groups excluding carboxylic acids is 1.